The Morgan fingerprint density at radius 2 is 1.81 bits per heavy atom. The predicted octanol–water partition coefficient (Wildman–Crippen LogP) is 3.62. The van der Waals surface area contributed by atoms with E-state index in [0.717, 1.165) is 11.3 Å². The molecular formula is C23H26N4O5. The van der Waals surface area contributed by atoms with E-state index in [4.69, 9.17) is 18.7 Å². The van der Waals surface area contributed by atoms with Crippen LogP contribution < -0.4 is 24.4 Å². The lowest BCUT2D eigenvalue weighted by Crippen LogP contribution is -2.38. The second kappa shape index (κ2) is 9.59. The molecule has 4 rings (SSSR count). The molecule has 2 heterocycles. The van der Waals surface area contributed by atoms with Crippen molar-refractivity contribution in [2.24, 2.45) is 5.92 Å². The molecular weight excluding hydrogens is 412 g/mol. The monoisotopic (exact) mass is 438 g/mol. The second-order valence-corrected chi connectivity index (χ2v) is 7.45. The standard InChI is InChI=1S/C23H26N4O5/c1-29-18-6-4-5-17(14-18)24-22(28)15-9-11-27(12-10-15)23-25-21(26-32-23)16-7-8-19(30-2)20(13-16)31-3/h4-8,13-15H,9-12H2,1-3H3,(H,24,28). The molecule has 3 aromatic rings. The van der Waals surface area contributed by atoms with E-state index in [-0.39, 0.29) is 11.8 Å². The summed E-state index contributed by atoms with van der Waals surface area (Å²) in [6.07, 6.45) is 1.40. The van der Waals surface area contributed by atoms with Crippen LogP contribution in [-0.2, 0) is 4.79 Å². The van der Waals surface area contributed by atoms with Crippen molar-refractivity contribution in [1.82, 2.24) is 10.1 Å². The number of hydrogen-bond donors (Lipinski definition) is 1. The topological polar surface area (TPSA) is 99.0 Å². The number of piperidine rings is 1. The Bertz CT molecular complexity index is 1080. The summed E-state index contributed by atoms with van der Waals surface area (Å²) in [6, 6.07) is 13.3. The van der Waals surface area contributed by atoms with Gasteiger partial charge in [-0.05, 0) is 43.2 Å². The molecule has 9 heteroatoms. The number of nitrogens with zero attached hydrogens (tertiary/aromatic N) is 3. The molecule has 0 radical (unpaired) electrons. The first-order valence-corrected chi connectivity index (χ1v) is 10.4. The lowest BCUT2D eigenvalue weighted by Gasteiger charge is -2.29. The minimum atomic E-state index is -0.0781. The number of nitrogens with one attached hydrogen (secondary N) is 1. The largest absolute Gasteiger partial charge is 0.497 e. The Morgan fingerprint density at radius 3 is 2.53 bits per heavy atom. The molecule has 1 amide bonds. The summed E-state index contributed by atoms with van der Waals surface area (Å²) < 4.78 is 21.3. The Labute approximate surface area is 186 Å². The number of carbonyl (C=O) groups is 1. The third-order valence-corrected chi connectivity index (χ3v) is 5.53. The van der Waals surface area contributed by atoms with E-state index in [1.165, 1.54) is 0 Å². The van der Waals surface area contributed by atoms with Crippen LogP contribution >= 0.6 is 0 Å². The number of amides is 1. The van der Waals surface area contributed by atoms with Crippen molar-refractivity contribution in [3.05, 3.63) is 42.5 Å². The van der Waals surface area contributed by atoms with Gasteiger partial charge in [0.05, 0.1) is 21.3 Å². The first-order valence-electron chi connectivity index (χ1n) is 10.4. The summed E-state index contributed by atoms with van der Waals surface area (Å²) in [5.41, 5.74) is 1.50. The van der Waals surface area contributed by atoms with Crippen molar-refractivity contribution in [2.45, 2.75) is 12.8 Å². The molecule has 0 unspecified atom stereocenters. The molecule has 1 saturated heterocycles. The number of anilines is 2. The van der Waals surface area contributed by atoms with Gasteiger partial charge in [-0.25, -0.2) is 0 Å². The number of aromatic nitrogens is 2. The number of rotatable bonds is 7. The fourth-order valence-electron chi connectivity index (χ4n) is 3.71. The van der Waals surface area contributed by atoms with Crippen molar-refractivity contribution in [3.8, 4) is 28.6 Å². The molecule has 1 aliphatic heterocycles. The highest BCUT2D eigenvalue weighted by Gasteiger charge is 2.28. The predicted molar refractivity (Wildman–Crippen MR) is 119 cm³/mol. The fraction of sp³-hybridized carbons (Fsp3) is 0.348. The van der Waals surface area contributed by atoms with Gasteiger partial charge in [0.2, 0.25) is 11.7 Å². The van der Waals surface area contributed by atoms with E-state index in [2.05, 4.69) is 15.5 Å². The number of carbonyl (C=O) groups excluding carboxylic acids is 1. The van der Waals surface area contributed by atoms with E-state index in [1.807, 2.05) is 35.2 Å². The van der Waals surface area contributed by atoms with E-state index in [9.17, 15) is 4.79 Å². The van der Waals surface area contributed by atoms with E-state index >= 15 is 0 Å². The SMILES string of the molecule is COc1cccc(NC(=O)C2CCN(c3nc(-c4ccc(OC)c(OC)c4)no3)CC2)c1. The first kappa shape index (κ1) is 21.5. The van der Waals surface area contributed by atoms with E-state index < -0.39 is 0 Å². The Balaban J connectivity index is 1.36. The summed E-state index contributed by atoms with van der Waals surface area (Å²) in [6.45, 7) is 1.31. The second-order valence-electron chi connectivity index (χ2n) is 7.45. The molecule has 1 fully saturated rings. The number of methoxy groups -OCH3 is 3. The molecule has 1 aromatic heterocycles. The van der Waals surface area contributed by atoms with Gasteiger partial charge in [-0.15, -0.1) is 0 Å². The molecule has 0 spiro atoms. The summed E-state index contributed by atoms with van der Waals surface area (Å²) in [5.74, 6) is 2.34. The van der Waals surface area contributed by atoms with Crippen LogP contribution in [0.2, 0.25) is 0 Å². The number of ether oxygens (including phenoxy) is 3. The third kappa shape index (κ3) is 4.61. The molecule has 0 aliphatic carbocycles. The van der Waals surface area contributed by atoms with Gasteiger partial charge in [0.25, 0.3) is 0 Å². The van der Waals surface area contributed by atoms with E-state index in [0.29, 0.717) is 55.0 Å². The maximum absolute atomic E-state index is 12.7. The van der Waals surface area contributed by atoms with Crippen LogP contribution in [0.15, 0.2) is 47.0 Å². The highest BCUT2D eigenvalue weighted by atomic mass is 16.5. The van der Waals surface area contributed by atoms with Crippen LogP contribution in [-0.4, -0.2) is 50.5 Å². The zero-order valence-electron chi connectivity index (χ0n) is 18.3. The quantitative estimate of drug-likeness (QED) is 0.597. The molecule has 2 aromatic carbocycles. The zero-order valence-corrected chi connectivity index (χ0v) is 18.3. The summed E-state index contributed by atoms with van der Waals surface area (Å²) in [4.78, 5) is 19.2. The molecule has 1 aliphatic rings. The molecule has 9 nitrogen and oxygen atoms in total. The van der Waals surface area contributed by atoms with Gasteiger partial charge in [-0.3, -0.25) is 4.79 Å². The molecule has 32 heavy (non-hydrogen) atoms. The summed E-state index contributed by atoms with van der Waals surface area (Å²) in [5, 5.41) is 7.08. The van der Waals surface area contributed by atoms with Gasteiger partial charge in [0.1, 0.15) is 5.75 Å². The van der Waals surface area contributed by atoms with E-state index in [1.54, 1.807) is 33.5 Å². The van der Waals surface area contributed by atoms with Crippen LogP contribution in [0.5, 0.6) is 17.2 Å². The number of benzene rings is 2. The van der Waals surface area contributed by atoms with Crippen LogP contribution in [0, 0.1) is 5.92 Å². The lowest BCUT2D eigenvalue weighted by atomic mass is 9.96. The first-order chi connectivity index (χ1) is 15.6. The average Bonchev–Trinajstić information content (AvgIpc) is 3.34. The van der Waals surface area contributed by atoms with Gasteiger partial charge in [-0.1, -0.05) is 11.2 Å². The molecule has 1 N–H and O–H groups in total. The molecule has 168 valence electrons. The molecule has 0 saturated carbocycles. The van der Waals surface area contributed by atoms with Gasteiger partial charge in [0.15, 0.2) is 11.5 Å². The fourth-order valence-corrected chi connectivity index (χ4v) is 3.71. The van der Waals surface area contributed by atoms with Crippen LogP contribution in [0.3, 0.4) is 0 Å². The van der Waals surface area contributed by atoms with Crippen LogP contribution in [0.1, 0.15) is 12.8 Å². The van der Waals surface area contributed by atoms with Gasteiger partial charge in [-0.2, -0.15) is 4.98 Å². The van der Waals surface area contributed by atoms with Gasteiger partial charge < -0.3 is 29.0 Å². The van der Waals surface area contributed by atoms with Gasteiger partial charge in [0, 0.05) is 36.3 Å². The Kier molecular flexibility index (Phi) is 6.44. The normalized spacial score (nSPS) is 14.2. The highest BCUT2D eigenvalue weighted by molar-refractivity contribution is 5.92. The van der Waals surface area contributed by atoms with Crippen molar-refractivity contribution < 1.29 is 23.5 Å². The Hall–Kier alpha value is -3.75. The minimum Gasteiger partial charge on any atom is -0.497 e. The summed E-state index contributed by atoms with van der Waals surface area (Å²) >= 11 is 0. The smallest absolute Gasteiger partial charge is 0.324 e. The maximum Gasteiger partial charge on any atom is 0.324 e. The molecule has 0 atom stereocenters. The van der Waals surface area contributed by atoms with Gasteiger partial charge >= 0.3 is 6.01 Å². The zero-order chi connectivity index (χ0) is 22.5. The third-order valence-electron chi connectivity index (χ3n) is 5.53. The molecule has 0 bridgehead atoms. The number of hydrogen-bond acceptors (Lipinski definition) is 8. The van der Waals surface area contributed by atoms with Crippen molar-refractivity contribution in [1.29, 1.82) is 0 Å². The van der Waals surface area contributed by atoms with Crippen LogP contribution in [0.25, 0.3) is 11.4 Å². The van der Waals surface area contributed by atoms with Crippen molar-refractivity contribution in [3.63, 3.8) is 0 Å². The summed E-state index contributed by atoms with van der Waals surface area (Å²) in [7, 11) is 4.77. The van der Waals surface area contributed by atoms with Crippen LogP contribution in [0.4, 0.5) is 11.7 Å². The van der Waals surface area contributed by atoms with Crippen molar-refractivity contribution >= 4 is 17.6 Å². The van der Waals surface area contributed by atoms with Crippen molar-refractivity contribution in [2.75, 3.05) is 44.6 Å². The minimum absolute atomic E-state index is 0.00875. The average molecular weight is 438 g/mol. The maximum atomic E-state index is 12.7. The highest BCUT2D eigenvalue weighted by Crippen LogP contribution is 2.32. The Morgan fingerprint density at radius 1 is 1.03 bits per heavy atom. The lowest BCUT2D eigenvalue weighted by molar-refractivity contribution is -0.120.